The molecule has 0 unspecified atom stereocenters. The first-order chi connectivity index (χ1) is 21.6. The number of fused-ring (bicyclic) bond motifs is 2. The third kappa shape index (κ3) is 5.54. The minimum atomic E-state index is -0.538. The van der Waals surface area contributed by atoms with E-state index < -0.39 is 5.60 Å². The number of aromatic nitrogens is 3. The monoisotopic (exact) mass is 606 g/mol. The number of benzene rings is 2. The van der Waals surface area contributed by atoms with Crippen molar-refractivity contribution in [2.45, 2.75) is 70.4 Å². The van der Waals surface area contributed by atoms with Gasteiger partial charge in [0.05, 0.1) is 24.0 Å². The third-order valence-corrected chi connectivity index (χ3v) is 9.26. The molecule has 3 amide bonds. The molecule has 0 saturated carbocycles. The van der Waals surface area contributed by atoms with Gasteiger partial charge >= 0.3 is 6.09 Å². The van der Waals surface area contributed by atoms with E-state index in [1.54, 1.807) is 6.20 Å². The van der Waals surface area contributed by atoms with Crippen molar-refractivity contribution in [2.24, 2.45) is 0 Å². The van der Waals surface area contributed by atoms with Gasteiger partial charge in [-0.3, -0.25) is 9.59 Å². The SMILES string of the molecule is CC(C)(C)OC(=O)N1CCCCC12CCN(C(=O)c1ccc(-c3ccc4ncc(-c5ccc6c(c5)CC(=O)N6)n4n3)cc1)CC2. The van der Waals surface area contributed by atoms with E-state index in [1.165, 1.54) is 0 Å². The first-order valence-electron chi connectivity index (χ1n) is 15.8. The van der Waals surface area contributed by atoms with Gasteiger partial charge in [0.2, 0.25) is 5.91 Å². The van der Waals surface area contributed by atoms with Gasteiger partial charge < -0.3 is 19.9 Å². The van der Waals surface area contributed by atoms with Crippen molar-refractivity contribution < 1.29 is 19.1 Å². The van der Waals surface area contributed by atoms with Crippen LogP contribution in [0.2, 0.25) is 0 Å². The second-order valence-corrected chi connectivity index (χ2v) is 13.4. The Bertz CT molecular complexity index is 1800. The van der Waals surface area contributed by atoms with Crippen LogP contribution in [0.15, 0.2) is 60.8 Å². The molecule has 3 aliphatic rings. The van der Waals surface area contributed by atoms with Crippen molar-refractivity contribution in [1.29, 1.82) is 0 Å². The summed E-state index contributed by atoms with van der Waals surface area (Å²) in [6, 6.07) is 17.3. The molecule has 5 heterocycles. The second kappa shape index (κ2) is 11.0. The Morgan fingerprint density at radius 2 is 1.67 bits per heavy atom. The maximum Gasteiger partial charge on any atom is 0.410 e. The molecule has 7 rings (SSSR count). The highest BCUT2D eigenvalue weighted by molar-refractivity contribution is 5.99. The van der Waals surface area contributed by atoms with E-state index in [9.17, 15) is 14.4 Å². The first kappa shape index (κ1) is 29.0. The molecule has 0 bridgehead atoms. The van der Waals surface area contributed by atoms with Crippen LogP contribution < -0.4 is 5.32 Å². The number of anilines is 1. The van der Waals surface area contributed by atoms with Crippen LogP contribution in [0, 0.1) is 0 Å². The predicted molar refractivity (Wildman–Crippen MR) is 171 cm³/mol. The molecule has 232 valence electrons. The molecule has 2 aromatic carbocycles. The zero-order valence-electron chi connectivity index (χ0n) is 26.0. The van der Waals surface area contributed by atoms with Gasteiger partial charge in [-0.15, -0.1) is 0 Å². The number of hydrogen-bond acceptors (Lipinski definition) is 6. The normalized spacial score (nSPS) is 17.8. The molecular weight excluding hydrogens is 568 g/mol. The van der Waals surface area contributed by atoms with Crippen molar-refractivity contribution in [3.05, 3.63) is 71.9 Å². The van der Waals surface area contributed by atoms with Gasteiger partial charge in [0.25, 0.3) is 5.91 Å². The van der Waals surface area contributed by atoms with Crippen LogP contribution in [-0.4, -0.2) is 73.1 Å². The van der Waals surface area contributed by atoms with Crippen molar-refractivity contribution in [3.8, 4) is 22.5 Å². The lowest BCUT2D eigenvalue weighted by atomic mass is 9.78. The number of rotatable bonds is 3. The van der Waals surface area contributed by atoms with Crippen molar-refractivity contribution in [2.75, 3.05) is 25.0 Å². The number of piperidine rings is 2. The number of hydrogen-bond donors (Lipinski definition) is 1. The fourth-order valence-electron chi connectivity index (χ4n) is 6.92. The van der Waals surface area contributed by atoms with Gasteiger partial charge in [-0.05, 0) is 94.8 Å². The smallest absolute Gasteiger partial charge is 0.410 e. The van der Waals surface area contributed by atoms with Gasteiger partial charge in [-0.2, -0.15) is 5.10 Å². The molecule has 2 aromatic heterocycles. The summed E-state index contributed by atoms with van der Waals surface area (Å²) in [4.78, 5) is 46.8. The highest BCUT2D eigenvalue weighted by atomic mass is 16.6. The van der Waals surface area contributed by atoms with Gasteiger partial charge in [0, 0.05) is 47.6 Å². The maximum atomic E-state index is 13.5. The van der Waals surface area contributed by atoms with Crippen LogP contribution in [0.1, 0.15) is 68.8 Å². The number of likely N-dealkylation sites (tertiary alicyclic amines) is 2. The zero-order valence-corrected chi connectivity index (χ0v) is 26.0. The molecule has 2 saturated heterocycles. The lowest BCUT2D eigenvalue weighted by molar-refractivity contribution is -0.115. The molecule has 10 heteroatoms. The van der Waals surface area contributed by atoms with Crippen LogP contribution in [0.25, 0.3) is 28.2 Å². The van der Waals surface area contributed by atoms with Crippen LogP contribution in [0.3, 0.4) is 0 Å². The molecule has 1 spiro atoms. The van der Waals surface area contributed by atoms with E-state index in [0.717, 1.165) is 71.5 Å². The van der Waals surface area contributed by atoms with Crippen LogP contribution >= 0.6 is 0 Å². The molecular formula is C35H38N6O4. The number of imidazole rings is 1. The number of amides is 3. The number of nitrogens with zero attached hydrogens (tertiary/aromatic N) is 5. The lowest BCUT2D eigenvalue weighted by Gasteiger charge is -2.51. The maximum absolute atomic E-state index is 13.5. The standard InChI is InChI=1S/C35H38N6O4/c1-34(2,3)45-33(44)40-17-5-4-14-35(40)15-18-39(19-16-35)32(43)24-8-6-23(7-9-24)28-12-13-30-36-22-29(41(30)38-28)25-10-11-27-26(20-25)21-31(42)37-27/h6-13,20,22H,4-5,14-19,21H2,1-3H3,(H,37,42). The summed E-state index contributed by atoms with van der Waals surface area (Å²) in [6.45, 7) is 7.61. The van der Waals surface area contributed by atoms with E-state index in [-0.39, 0.29) is 23.4 Å². The average molecular weight is 607 g/mol. The molecule has 1 N–H and O–H groups in total. The van der Waals surface area contributed by atoms with Gasteiger partial charge in [0.15, 0.2) is 5.65 Å². The number of ether oxygens (including phenoxy) is 1. The van der Waals surface area contributed by atoms with Gasteiger partial charge in [-0.25, -0.2) is 14.3 Å². The Morgan fingerprint density at radius 3 is 2.42 bits per heavy atom. The topological polar surface area (TPSA) is 109 Å². The minimum absolute atomic E-state index is 0.000832. The van der Waals surface area contributed by atoms with Crippen molar-refractivity contribution in [3.63, 3.8) is 0 Å². The largest absolute Gasteiger partial charge is 0.444 e. The minimum Gasteiger partial charge on any atom is -0.444 e. The average Bonchev–Trinajstić information content (AvgIpc) is 3.62. The third-order valence-electron chi connectivity index (χ3n) is 9.26. The predicted octanol–water partition coefficient (Wildman–Crippen LogP) is 5.95. The highest BCUT2D eigenvalue weighted by Crippen LogP contribution is 2.39. The summed E-state index contributed by atoms with van der Waals surface area (Å²) >= 11 is 0. The van der Waals surface area contributed by atoms with Crippen molar-refractivity contribution >= 4 is 29.2 Å². The molecule has 0 atom stereocenters. The van der Waals surface area contributed by atoms with Crippen LogP contribution in [0.5, 0.6) is 0 Å². The molecule has 0 aliphatic carbocycles. The number of nitrogens with one attached hydrogen (secondary N) is 1. The Labute approximate surface area is 262 Å². The Kier molecular flexibility index (Phi) is 7.10. The van der Waals surface area contributed by atoms with E-state index in [0.29, 0.717) is 31.6 Å². The molecule has 3 aliphatic heterocycles. The Balaban J connectivity index is 1.05. The summed E-state index contributed by atoms with van der Waals surface area (Å²) < 4.78 is 7.56. The summed E-state index contributed by atoms with van der Waals surface area (Å²) in [5.74, 6) is 0.00168. The van der Waals surface area contributed by atoms with E-state index in [1.807, 2.05) is 89.7 Å². The molecule has 4 aromatic rings. The van der Waals surface area contributed by atoms with Crippen LogP contribution in [-0.2, 0) is 16.0 Å². The first-order valence-corrected chi connectivity index (χ1v) is 15.8. The highest BCUT2D eigenvalue weighted by Gasteiger charge is 2.45. The molecule has 10 nitrogen and oxygen atoms in total. The molecule has 2 fully saturated rings. The molecule has 45 heavy (non-hydrogen) atoms. The van der Waals surface area contributed by atoms with Crippen LogP contribution in [0.4, 0.5) is 10.5 Å². The quantitative estimate of drug-likeness (QED) is 0.309. The number of carbonyl (C=O) groups is 3. The Hall–Kier alpha value is -4.73. The zero-order chi connectivity index (χ0) is 31.3. The second-order valence-electron chi connectivity index (χ2n) is 13.4. The van der Waals surface area contributed by atoms with Crippen molar-refractivity contribution in [1.82, 2.24) is 24.4 Å². The lowest BCUT2D eigenvalue weighted by Crippen LogP contribution is -2.60. The van der Waals surface area contributed by atoms with E-state index >= 15 is 0 Å². The summed E-state index contributed by atoms with van der Waals surface area (Å²) in [5, 5.41) is 7.75. The van der Waals surface area contributed by atoms with E-state index in [2.05, 4.69) is 10.3 Å². The number of carbonyl (C=O) groups excluding carboxylic acids is 3. The fraction of sp³-hybridized carbons (Fsp3) is 0.400. The van der Waals surface area contributed by atoms with Gasteiger partial charge in [0.1, 0.15) is 5.60 Å². The summed E-state index contributed by atoms with van der Waals surface area (Å²) in [6.07, 6.45) is 6.44. The van der Waals surface area contributed by atoms with E-state index in [4.69, 9.17) is 9.84 Å². The molecule has 0 radical (unpaired) electrons. The fourth-order valence-corrected chi connectivity index (χ4v) is 6.92. The summed E-state index contributed by atoms with van der Waals surface area (Å²) in [7, 11) is 0. The Morgan fingerprint density at radius 1 is 0.911 bits per heavy atom. The van der Waals surface area contributed by atoms with Gasteiger partial charge in [-0.1, -0.05) is 18.2 Å². The summed E-state index contributed by atoms with van der Waals surface area (Å²) in [5.41, 5.74) is 5.82.